The first-order chi connectivity index (χ1) is 10.6. The van der Waals surface area contributed by atoms with Crippen LogP contribution in [0.4, 0.5) is 5.69 Å². The third kappa shape index (κ3) is 3.36. The van der Waals surface area contributed by atoms with Crippen LogP contribution in [0.5, 0.6) is 11.5 Å². The molecule has 2 aromatic rings. The number of rotatable bonds is 2. The van der Waals surface area contributed by atoms with E-state index in [2.05, 4.69) is 21.2 Å². The SMILES string of the molecule is O=C(Nc1cc2c(cc1Cl)OCCCO2)c1ccc(Br)cc1. The summed E-state index contributed by atoms with van der Waals surface area (Å²) in [6.07, 6.45) is 0.812. The maximum absolute atomic E-state index is 12.3. The minimum Gasteiger partial charge on any atom is -0.490 e. The lowest BCUT2D eigenvalue weighted by Gasteiger charge is -2.12. The standard InChI is InChI=1S/C16H13BrClNO3/c17-11-4-2-10(3-5-11)16(20)19-13-9-15-14(8-12(13)18)21-6-1-7-22-15/h2-5,8-9H,1,6-7H2,(H,19,20). The largest absolute Gasteiger partial charge is 0.490 e. The van der Waals surface area contributed by atoms with Gasteiger partial charge in [0.2, 0.25) is 0 Å². The molecule has 0 aromatic heterocycles. The number of amides is 1. The summed E-state index contributed by atoms with van der Waals surface area (Å²) >= 11 is 9.55. The third-order valence-electron chi connectivity index (χ3n) is 3.19. The molecular weight excluding hydrogens is 370 g/mol. The van der Waals surface area contributed by atoms with Gasteiger partial charge in [-0.25, -0.2) is 0 Å². The van der Waals surface area contributed by atoms with Crippen molar-refractivity contribution in [2.24, 2.45) is 0 Å². The Labute approximate surface area is 141 Å². The van der Waals surface area contributed by atoms with Gasteiger partial charge in [0.25, 0.3) is 5.91 Å². The van der Waals surface area contributed by atoms with Gasteiger partial charge in [-0.1, -0.05) is 27.5 Å². The lowest BCUT2D eigenvalue weighted by atomic mass is 10.2. The number of nitrogens with one attached hydrogen (secondary N) is 1. The fraction of sp³-hybridized carbons (Fsp3) is 0.188. The first kappa shape index (κ1) is 15.2. The highest BCUT2D eigenvalue weighted by atomic mass is 79.9. The summed E-state index contributed by atoms with van der Waals surface area (Å²) in [5, 5.41) is 3.21. The lowest BCUT2D eigenvalue weighted by molar-refractivity contribution is 0.102. The van der Waals surface area contributed by atoms with Gasteiger partial charge in [-0.2, -0.15) is 0 Å². The van der Waals surface area contributed by atoms with Crippen LogP contribution >= 0.6 is 27.5 Å². The van der Waals surface area contributed by atoms with Crippen molar-refractivity contribution < 1.29 is 14.3 Å². The van der Waals surface area contributed by atoms with Gasteiger partial charge in [0.1, 0.15) is 0 Å². The minimum absolute atomic E-state index is 0.233. The second-order valence-corrected chi connectivity index (χ2v) is 6.11. The highest BCUT2D eigenvalue weighted by molar-refractivity contribution is 9.10. The van der Waals surface area contributed by atoms with E-state index in [0.717, 1.165) is 10.9 Å². The minimum atomic E-state index is -0.233. The molecule has 0 bridgehead atoms. The molecule has 0 saturated heterocycles. The normalized spacial score (nSPS) is 13.4. The summed E-state index contributed by atoms with van der Waals surface area (Å²) in [5.41, 5.74) is 1.05. The Kier molecular flexibility index (Phi) is 4.55. The van der Waals surface area contributed by atoms with E-state index in [1.54, 1.807) is 24.3 Å². The number of benzene rings is 2. The third-order valence-corrected chi connectivity index (χ3v) is 4.03. The van der Waals surface area contributed by atoms with Gasteiger partial charge in [0.15, 0.2) is 11.5 Å². The Bertz CT molecular complexity index is 703. The van der Waals surface area contributed by atoms with Gasteiger partial charge in [-0.05, 0) is 24.3 Å². The molecule has 1 aliphatic heterocycles. The molecule has 1 N–H and O–H groups in total. The number of anilines is 1. The van der Waals surface area contributed by atoms with Crippen LogP contribution in [0.1, 0.15) is 16.8 Å². The summed E-state index contributed by atoms with van der Waals surface area (Å²) in [7, 11) is 0. The molecule has 0 saturated carbocycles. The van der Waals surface area contributed by atoms with E-state index in [1.807, 2.05) is 12.1 Å². The average molecular weight is 383 g/mol. The number of halogens is 2. The Morgan fingerprint density at radius 2 is 1.73 bits per heavy atom. The number of hydrogen-bond acceptors (Lipinski definition) is 3. The fourth-order valence-corrected chi connectivity index (χ4v) is 2.54. The predicted molar refractivity (Wildman–Crippen MR) is 89.2 cm³/mol. The van der Waals surface area contributed by atoms with Crippen molar-refractivity contribution in [3.05, 3.63) is 51.5 Å². The zero-order valence-corrected chi connectivity index (χ0v) is 13.9. The van der Waals surface area contributed by atoms with Gasteiger partial charge >= 0.3 is 0 Å². The molecule has 1 aliphatic rings. The van der Waals surface area contributed by atoms with Crippen LogP contribution in [0.2, 0.25) is 5.02 Å². The Hall–Kier alpha value is -1.72. The second-order valence-electron chi connectivity index (χ2n) is 4.79. The topological polar surface area (TPSA) is 47.6 Å². The molecule has 1 heterocycles. The molecule has 0 radical (unpaired) electrons. The number of ether oxygens (including phenoxy) is 2. The van der Waals surface area contributed by atoms with Gasteiger partial charge in [-0.3, -0.25) is 4.79 Å². The van der Waals surface area contributed by atoms with Crippen LogP contribution < -0.4 is 14.8 Å². The maximum atomic E-state index is 12.3. The molecule has 114 valence electrons. The van der Waals surface area contributed by atoms with Crippen molar-refractivity contribution in [2.75, 3.05) is 18.5 Å². The van der Waals surface area contributed by atoms with Gasteiger partial charge in [0, 0.05) is 28.6 Å². The number of carbonyl (C=O) groups is 1. The van der Waals surface area contributed by atoms with Gasteiger partial charge < -0.3 is 14.8 Å². The van der Waals surface area contributed by atoms with Crippen LogP contribution in [-0.4, -0.2) is 19.1 Å². The summed E-state index contributed by atoms with van der Waals surface area (Å²) in [4.78, 5) is 12.3. The Morgan fingerprint density at radius 1 is 1.09 bits per heavy atom. The van der Waals surface area contributed by atoms with Gasteiger partial charge in [-0.15, -0.1) is 0 Å². The molecule has 22 heavy (non-hydrogen) atoms. The Balaban J connectivity index is 1.84. The second kappa shape index (κ2) is 6.58. The molecule has 0 spiro atoms. The lowest BCUT2D eigenvalue weighted by Crippen LogP contribution is -2.12. The van der Waals surface area contributed by atoms with E-state index in [1.165, 1.54) is 0 Å². The zero-order valence-electron chi connectivity index (χ0n) is 11.6. The molecule has 0 atom stereocenters. The number of carbonyl (C=O) groups excluding carboxylic acids is 1. The van der Waals surface area contributed by atoms with Crippen molar-refractivity contribution in [1.29, 1.82) is 0 Å². The van der Waals surface area contributed by atoms with Crippen molar-refractivity contribution in [3.8, 4) is 11.5 Å². The van der Waals surface area contributed by atoms with Crippen LogP contribution in [0.15, 0.2) is 40.9 Å². The highest BCUT2D eigenvalue weighted by Crippen LogP contribution is 2.37. The molecule has 0 fully saturated rings. The van der Waals surface area contributed by atoms with Crippen molar-refractivity contribution in [3.63, 3.8) is 0 Å². The van der Waals surface area contributed by atoms with E-state index < -0.39 is 0 Å². The van der Waals surface area contributed by atoms with E-state index >= 15 is 0 Å². The summed E-state index contributed by atoms with van der Waals surface area (Å²) in [5.74, 6) is 0.959. The monoisotopic (exact) mass is 381 g/mol. The first-order valence-electron chi connectivity index (χ1n) is 6.79. The fourth-order valence-electron chi connectivity index (χ4n) is 2.08. The quantitative estimate of drug-likeness (QED) is 0.831. The Morgan fingerprint density at radius 3 is 2.41 bits per heavy atom. The number of fused-ring (bicyclic) bond motifs is 1. The first-order valence-corrected chi connectivity index (χ1v) is 7.96. The molecule has 6 heteroatoms. The predicted octanol–water partition coefficient (Wildman–Crippen LogP) is 4.52. The zero-order chi connectivity index (χ0) is 15.5. The molecule has 2 aromatic carbocycles. The van der Waals surface area contributed by atoms with Crippen molar-refractivity contribution in [1.82, 2.24) is 0 Å². The summed E-state index contributed by atoms with van der Waals surface area (Å²) < 4.78 is 12.1. The van der Waals surface area contributed by atoms with Crippen molar-refractivity contribution >= 4 is 39.1 Å². The molecule has 1 amide bonds. The van der Waals surface area contributed by atoms with Crippen LogP contribution in [0.3, 0.4) is 0 Å². The molecule has 0 aliphatic carbocycles. The van der Waals surface area contributed by atoms with Crippen LogP contribution in [0.25, 0.3) is 0 Å². The number of hydrogen-bond donors (Lipinski definition) is 1. The van der Waals surface area contributed by atoms with Crippen LogP contribution in [0, 0.1) is 0 Å². The van der Waals surface area contributed by atoms with E-state index in [9.17, 15) is 4.79 Å². The van der Waals surface area contributed by atoms with Crippen molar-refractivity contribution in [2.45, 2.75) is 6.42 Å². The van der Waals surface area contributed by atoms with E-state index in [-0.39, 0.29) is 5.91 Å². The molecular formula is C16H13BrClNO3. The molecule has 3 rings (SSSR count). The summed E-state index contributed by atoms with van der Waals surface area (Å²) in [6, 6.07) is 10.4. The average Bonchev–Trinajstić information content (AvgIpc) is 2.73. The smallest absolute Gasteiger partial charge is 0.255 e. The van der Waals surface area contributed by atoms with Crippen LogP contribution in [-0.2, 0) is 0 Å². The van der Waals surface area contributed by atoms with Gasteiger partial charge in [0.05, 0.1) is 23.9 Å². The highest BCUT2D eigenvalue weighted by Gasteiger charge is 2.16. The maximum Gasteiger partial charge on any atom is 0.255 e. The van der Waals surface area contributed by atoms with E-state index in [4.69, 9.17) is 21.1 Å². The molecule has 4 nitrogen and oxygen atoms in total. The molecule has 0 unspecified atom stereocenters. The van der Waals surface area contributed by atoms with E-state index in [0.29, 0.717) is 41.0 Å². The summed E-state index contributed by atoms with van der Waals surface area (Å²) in [6.45, 7) is 1.17.